The van der Waals surface area contributed by atoms with Crippen molar-refractivity contribution in [3.63, 3.8) is 0 Å². The van der Waals surface area contributed by atoms with Gasteiger partial charge in [0.05, 0.1) is 13.2 Å². The van der Waals surface area contributed by atoms with Gasteiger partial charge in [-0.15, -0.1) is 0 Å². The molecule has 2 aromatic carbocycles. The Bertz CT molecular complexity index is 995. The second kappa shape index (κ2) is 8.07. The Hall–Kier alpha value is -2.93. The number of aryl methyl sites for hydroxylation is 1. The van der Waals surface area contributed by atoms with Crippen LogP contribution in [0.25, 0.3) is 0 Å². The molecule has 158 valence electrons. The van der Waals surface area contributed by atoms with Crippen LogP contribution < -0.4 is 14.8 Å². The highest BCUT2D eigenvalue weighted by atomic mass is 35.5. The van der Waals surface area contributed by atoms with Crippen LogP contribution in [0.4, 0.5) is 9.59 Å². The largest absolute Gasteiger partial charge is 0.497 e. The molecule has 1 heterocycles. The Morgan fingerprint density at radius 2 is 2.03 bits per heavy atom. The van der Waals surface area contributed by atoms with Crippen molar-refractivity contribution in [2.24, 2.45) is 5.92 Å². The van der Waals surface area contributed by atoms with Crippen LogP contribution in [0.3, 0.4) is 0 Å². The SMILES string of the molecule is CNC(=O)Oc1ccc(Cl)cc1C1C2CCc3cc(OC)ccc3C2OC(=O)N1C. The highest BCUT2D eigenvalue weighted by molar-refractivity contribution is 6.30. The van der Waals surface area contributed by atoms with E-state index in [0.717, 1.165) is 29.7 Å². The molecule has 1 aliphatic carbocycles. The number of hydrogen-bond donors (Lipinski definition) is 1. The van der Waals surface area contributed by atoms with Gasteiger partial charge in [-0.05, 0) is 54.3 Å². The zero-order chi connectivity index (χ0) is 21.4. The number of hydrogen-bond acceptors (Lipinski definition) is 5. The molecule has 1 fully saturated rings. The van der Waals surface area contributed by atoms with Gasteiger partial charge in [0.1, 0.15) is 17.6 Å². The van der Waals surface area contributed by atoms with E-state index in [1.165, 1.54) is 7.05 Å². The molecule has 1 saturated heterocycles. The number of methoxy groups -OCH3 is 1. The first-order valence-electron chi connectivity index (χ1n) is 9.72. The van der Waals surface area contributed by atoms with Crippen LogP contribution in [-0.4, -0.2) is 38.3 Å². The average Bonchev–Trinajstić information content (AvgIpc) is 2.75. The van der Waals surface area contributed by atoms with Gasteiger partial charge in [0, 0.05) is 30.6 Å². The minimum Gasteiger partial charge on any atom is -0.497 e. The fourth-order valence-corrected chi connectivity index (χ4v) is 4.59. The van der Waals surface area contributed by atoms with Crippen LogP contribution in [0.1, 0.15) is 35.3 Å². The van der Waals surface area contributed by atoms with Crippen molar-refractivity contribution >= 4 is 23.8 Å². The second-order valence-electron chi connectivity index (χ2n) is 7.45. The van der Waals surface area contributed by atoms with E-state index in [0.29, 0.717) is 16.3 Å². The monoisotopic (exact) mass is 430 g/mol. The summed E-state index contributed by atoms with van der Waals surface area (Å²) in [7, 11) is 4.81. The number of carbonyl (C=O) groups is 2. The molecule has 8 heteroatoms. The van der Waals surface area contributed by atoms with Gasteiger partial charge in [0.15, 0.2) is 0 Å². The first-order chi connectivity index (χ1) is 14.4. The van der Waals surface area contributed by atoms with Crippen molar-refractivity contribution in [2.45, 2.75) is 25.0 Å². The third-order valence-corrected chi connectivity index (χ3v) is 6.06. The Labute approximate surface area is 179 Å². The van der Waals surface area contributed by atoms with Crippen LogP contribution in [0.15, 0.2) is 36.4 Å². The summed E-state index contributed by atoms with van der Waals surface area (Å²) in [4.78, 5) is 26.2. The molecule has 2 aliphatic rings. The van der Waals surface area contributed by atoms with E-state index < -0.39 is 18.3 Å². The summed E-state index contributed by atoms with van der Waals surface area (Å²) in [5.74, 6) is 1.11. The number of benzene rings is 2. The molecule has 4 rings (SSSR count). The molecular formula is C22H23ClN2O5. The molecule has 7 nitrogen and oxygen atoms in total. The molecule has 2 aromatic rings. The lowest BCUT2D eigenvalue weighted by Crippen LogP contribution is -2.46. The summed E-state index contributed by atoms with van der Waals surface area (Å²) in [6, 6.07) is 10.5. The predicted octanol–water partition coefficient (Wildman–Crippen LogP) is 4.49. The van der Waals surface area contributed by atoms with E-state index in [2.05, 4.69) is 5.32 Å². The smallest absolute Gasteiger partial charge is 0.412 e. The molecule has 0 aromatic heterocycles. The molecule has 3 unspecified atom stereocenters. The van der Waals surface area contributed by atoms with Crippen LogP contribution in [0.2, 0.25) is 5.02 Å². The molecule has 1 N–H and O–H groups in total. The zero-order valence-electron chi connectivity index (χ0n) is 17.0. The van der Waals surface area contributed by atoms with Crippen LogP contribution in [-0.2, 0) is 11.2 Å². The molecule has 1 aliphatic heterocycles. The number of ether oxygens (including phenoxy) is 3. The molecule has 30 heavy (non-hydrogen) atoms. The van der Waals surface area contributed by atoms with E-state index in [1.54, 1.807) is 37.3 Å². The highest BCUT2D eigenvalue weighted by Crippen LogP contribution is 2.51. The zero-order valence-corrected chi connectivity index (χ0v) is 17.7. The Balaban J connectivity index is 1.78. The predicted molar refractivity (Wildman–Crippen MR) is 111 cm³/mol. The third-order valence-electron chi connectivity index (χ3n) is 5.83. The second-order valence-corrected chi connectivity index (χ2v) is 7.89. The van der Waals surface area contributed by atoms with Gasteiger partial charge in [0.25, 0.3) is 0 Å². The average molecular weight is 431 g/mol. The summed E-state index contributed by atoms with van der Waals surface area (Å²) in [5, 5.41) is 2.95. The summed E-state index contributed by atoms with van der Waals surface area (Å²) in [5.41, 5.74) is 2.77. The lowest BCUT2D eigenvalue weighted by molar-refractivity contribution is -0.0459. The molecule has 2 amide bonds. The summed E-state index contributed by atoms with van der Waals surface area (Å²) >= 11 is 6.28. The summed E-state index contributed by atoms with van der Waals surface area (Å²) in [6.45, 7) is 0. The number of nitrogens with zero attached hydrogens (tertiary/aromatic N) is 1. The Kier molecular flexibility index (Phi) is 5.47. The van der Waals surface area contributed by atoms with E-state index in [-0.39, 0.29) is 12.0 Å². The third kappa shape index (κ3) is 3.54. The van der Waals surface area contributed by atoms with Crippen molar-refractivity contribution in [1.29, 1.82) is 0 Å². The van der Waals surface area contributed by atoms with Crippen molar-refractivity contribution in [3.05, 3.63) is 58.1 Å². The fourth-order valence-electron chi connectivity index (χ4n) is 4.41. The molecule has 0 spiro atoms. The normalized spacial score (nSPS) is 22.5. The van der Waals surface area contributed by atoms with E-state index in [9.17, 15) is 9.59 Å². The minimum absolute atomic E-state index is 0.0286. The standard InChI is InChI=1S/C22H23ClN2O5/c1-24-21(26)29-18-9-5-13(23)11-17(18)19-16-7-4-12-10-14(28-3)6-8-15(12)20(16)30-22(27)25(19)2/h5-6,8-11,16,19-20H,4,7H2,1-3H3,(H,24,26). The maximum atomic E-state index is 12.8. The first kappa shape index (κ1) is 20.3. The molecule has 3 atom stereocenters. The van der Waals surface area contributed by atoms with E-state index in [1.807, 2.05) is 18.2 Å². The molecule has 0 radical (unpaired) electrons. The van der Waals surface area contributed by atoms with E-state index in [4.69, 9.17) is 25.8 Å². The number of nitrogens with one attached hydrogen (secondary N) is 1. The minimum atomic E-state index is -0.586. The number of rotatable bonds is 3. The lowest BCUT2D eigenvalue weighted by atomic mass is 9.74. The lowest BCUT2D eigenvalue weighted by Gasteiger charge is -2.46. The quantitative estimate of drug-likeness (QED) is 0.776. The number of fused-ring (bicyclic) bond motifs is 3. The van der Waals surface area contributed by atoms with Gasteiger partial charge < -0.3 is 24.4 Å². The van der Waals surface area contributed by atoms with Gasteiger partial charge in [0.2, 0.25) is 0 Å². The van der Waals surface area contributed by atoms with E-state index >= 15 is 0 Å². The summed E-state index contributed by atoms with van der Waals surface area (Å²) in [6.07, 6.45) is 0.189. The molecular weight excluding hydrogens is 408 g/mol. The molecule has 0 bridgehead atoms. The van der Waals surface area contributed by atoms with Crippen molar-refractivity contribution in [2.75, 3.05) is 21.2 Å². The van der Waals surface area contributed by atoms with Gasteiger partial charge in [-0.3, -0.25) is 0 Å². The Morgan fingerprint density at radius 3 is 2.77 bits per heavy atom. The van der Waals surface area contributed by atoms with Crippen LogP contribution >= 0.6 is 11.6 Å². The number of carbonyl (C=O) groups excluding carboxylic acids is 2. The molecule has 0 saturated carbocycles. The fraction of sp³-hybridized carbons (Fsp3) is 0.364. The van der Waals surface area contributed by atoms with Gasteiger partial charge in [-0.25, -0.2) is 9.59 Å². The maximum Gasteiger partial charge on any atom is 0.412 e. The van der Waals surface area contributed by atoms with Gasteiger partial charge in [-0.1, -0.05) is 17.7 Å². The van der Waals surface area contributed by atoms with Gasteiger partial charge in [-0.2, -0.15) is 0 Å². The first-order valence-corrected chi connectivity index (χ1v) is 10.1. The maximum absolute atomic E-state index is 12.8. The van der Waals surface area contributed by atoms with Crippen LogP contribution in [0, 0.1) is 5.92 Å². The topological polar surface area (TPSA) is 77.1 Å². The van der Waals surface area contributed by atoms with Crippen molar-refractivity contribution in [1.82, 2.24) is 10.2 Å². The highest BCUT2D eigenvalue weighted by Gasteiger charge is 2.47. The summed E-state index contributed by atoms with van der Waals surface area (Å²) < 4.78 is 16.6. The number of halogens is 1. The van der Waals surface area contributed by atoms with Crippen LogP contribution in [0.5, 0.6) is 11.5 Å². The van der Waals surface area contributed by atoms with Crippen molar-refractivity contribution < 1.29 is 23.8 Å². The number of amides is 2. The Morgan fingerprint density at radius 1 is 1.23 bits per heavy atom. The van der Waals surface area contributed by atoms with Gasteiger partial charge >= 0.3 is 12.2 Å². The van der Waals surface area contributed by atoms with Crippen molar-refractivity contribution in [3.8, 4) is 11.5 Å².